The maximum absolute atomic E-state index is 12.3. The molecule has 0 fully saturated rings. The van der Waals surface area contributed by atoms with Gasteiger partial charge in [0.2, 0.25) is 0 Å². The van der Waals surface area contributed by atoms with Crippen LogP contribution >= 0.6 is 11.8 Å². The summed E-state index contributed by atoms with van der Waals surface area (Å²) in [4.78, 5) is 15.1. The lowest BCUT2D eigenvalue weighted by Crippen LogP contribution is -2.36. The molecule has 1 aromatic carbocycles. The highest BCUT2D eigenvalue weighted by Crippen LogP contribution is 2.42. The number of carbonyl (C=O) groups is 1. The molecule has 1 N–H and O–H groups in total. The van der Waals surface area contributed by atoms with Crippen molar-refractivity contribution in [1.29, 1.82) is 0 Å². The molecule has 0 spiro atoms. The SMILES string of the molecule is CC(C)[C@H](C)NC(=O)c1ccc2c(c1)SC1=NS(=O)(=O)CCN12. The Morgan fingerprint density at radius 1 is 1.35 bits per heavy atom. The summed E-state index contributed by atoms with van der Waals surface area (Å²) in [7, 11) is -3.36. The maximum Gasteiger partial charge on any atom is 0.257 e. The van der Waals surface area contributed by atoms with E-state index in [2.05, 4.69) is 23.6 Å². The van der Waals surface area contributed by atoms with Crippen molar-refractivity contribution in [2.45, 2.75) is 31.7 Å². The van der Waals surface area contributed by atoms with Gasteiger partial charge in [0, 0.05) is 23.0 Å². The van der Waals surface area contributed by atoms with Gasteiger partial charge in [0.15, 0.2) is 5.17 Å². The zero-order valence-electron chi connectivity index (χ0n) is 13.2. The molecule has 2 aliphatic rings. The van der Waals surface area contributed by atoms with Gasteiger partial charge in [-0.1, -0.05) is 13.8 Å². The minimum absolute atomic E-state index is 0.0185. The topological polar surface area (TPSA) is 78.8 Å². The van der Waals surface area contributed by atoms with Crippen molar-refractivity contribution in [2.75, 3.05) is 17.2 Å². The Hall–Kier alpha value is -1.54. The number of amidine groups is 1. The van der Waals surface area contributed by atoms with Crippen LogP contribution < -0.4 is 10.2 Å². The van der Waals surface area contributed by atoms with Crippen LogP contribution in [0.4, 0.5) is 5.69 Å². The predicted molar refractivity (Wildman–Crippen MR) is 92.6 cm³/mol. The molecule has 2 aliphatic heterocycles. The van der Waals surface area contributed by atoms with Crippen LogP contribution in [0.1, 0.15) is 31.1 Å². The van der Waals surface area contributed by atoms with Crippen molar-refractivity contribution in [3.05, 3.63) is 23.8 Å². The first-order valence-corrected chi connectivity index (χ1v) is 9.92. The molecule has 2 heterocycles. The highest BCUT2D eigenvalue weighted by atomic mass is 32.2. The molecule has 0 saturated heterocycles. The summed E-state index contributed by atoms with van der Waals surface area (Å²) in [6.07, 6.45) is 0. The first kappa shape index (κ1) is 16.3. The molecular formula is C15H19N3O3S2. The number of nitrogens with zero attached hydrogens (tertiary/aromatic N) is 2. The van der Waals surface area contributed by atoms with E-state index in [1.54, 1.807) is 12.1 Å². The summed E-state index contributed by atoms with van der Waals surface area (Å²) >= 11 is 1.30. The zero-order chi connectivity index (χ0) is 16.8. The maximum atomic E-state index is 12.3. The molecule has 0 bridgehead atoms. The van der Waals surface area contributed by atoms with Gasteiger partial charge in [0.1, 0.15) is 0 Å². The second-order valence-corrected chi connectivity index (χ2v) is 8.87. The summed E-state index contributed by atoms with van der Waals surface area (Å²) in [5, 5.41) is 3.45. The van der Waals surface area contributed by atoms with E-state index in [1.165, 1.54) is 11.8 Å². The van der Waals surface area contributed by atoms with E-state index in [1.807, 2.05) is 17.9 Å². The Labute approximate surface area is 140 Å². The van der Waals surface area contributed by atoms with Crippen molar-refractivity contribution in [3.63, 3.8) is 0 Å². The lowest BCUT2D eigenvalue weighted by atomic mass is 10.1. The predicted octanol–water partition coefficient (Wildman–Crippen LogP) is 2.07. The Morgan fingerprint density at radius 3 is 2.78 bits per heavy atom. The highest BCUT2D eigenvalue weighted by Gasteiger charge is 2.33. The van der Waals surface area contributed by atoms with Gasteiger partial charge in [-0.05, 0) is 42.8 Å². The fraction of sp³-hybridized carbons (Fsp3) is 0.467. The molecular weight excluding hydrogens is 334 g/mol. The standard InChI is InChI=1S/C15H19N3O3S2/c1-9(2)10(3)16-14(19)11-4-5-12-13(8-11)22-15-17-23(20,21)7-6-18(12)15/h4-5,8-10H,6-7H2,1-3H3,(H,16,19)/t10-/m0/s1. The molecule has 1 aromatic rings. The second kappa shape index (κ2) is 5.83. The number of thioether (sulfide) groups is 1. The average molecular weight is 353 g/mol. The van der Waals surface area contributed by atoms with Gasteiger partial charge in [-0.15, -0.1) is 4.40 Å². The molecule has 23 heavy (non-hydrogen) atoms. The first-order valence-electron chi connectivity index (χ1n) is 7.50. The van der Waals surface area contributed by atoms with E-state index in [4.69, 9.17) is 0 Å². The fourth-order valence-electron chi connectivity index (χ4n) is 2.33. The number of rotatable bonds is 3. The molecule has 1 amide bonds. The highest BCUT2D eigenvalue weighted by molar-refractivity contribution is 8.15. The summed E-state index contributed by atoms with van der Waals surface area (Å²) in [5.74, 6) is 0.260. The van der Waals surface area contributed by atoms with E-state index in [0.717, 1.165) is 10.6 Å². The quantitative estimate of drug-likeness (QED) is 0.900. The molecule has 8 heteroatoms. The third-order valence-corrected chi connectivity index (χ3v) is 6.40. The molecule has 0 saturated carbocycles. The van der Waals surface area contributed by atoms with E-state index >= 15 is 0 Å². The van der Waals surface area contributed by atoms with Gasteiger partial charge in [-0.3, -0.25) is 4.79 Å². The zero-order valence-corrected chi connectivity index (χ0v) is 14.9. The molecule has 0 aliphatic carbocycles. The summed E-state index contributed by atoms with van der Waals surface area (Å²) < 4.78 is 27.0. The second-order valence-electron chi connectivity index (χ2n) is 6.10. The van der Waals surface area contributed by atoms with Crippen LogP contribution in [0.3, 0.4) is 0 Å². The van der Waals surface area contributed by atoms with Crippen molar-refractivity contribution < 1.29 is 13.2 Å². The van der Waals surface area contributed by atoms with Gasteiger partial charge >= 0.3 is 0 Å². The Morgan fingerprint density at radius 2 is 2.09 bits per heavy atom. The number of nitrogens with one attached hydrogen (secondary N) is 1. The third kappa shape index (κ3) is 3.23. The van der Waals surface area contributed by atoms with Gasteiger partial charge in [0.05, 0.1) is 11.4 Å². The number of benzene rings is 1. The molecule has 3 rings (SSSR count). The molecule has 0 unspecified atom stereocenters. The Balaban J connectivity index is 1.85. The van der Waals surface area contributed by atoms with E-state index < -0.39 is 10.0 Å². The molecule has 0 radical (unpaired) electrons. The molecule has 6 nitrogen and oxygen atoms in total. The summed E-state index contributed by atoms with van der Waals surface area (Å²) in [5.41, 5.74) is 1.49. The summed E-state index contributed by atoms with van der Waals surface area (Å²) in [6, 6.07) is 5.52. The number of amides is 1. The van der Waals surface area contributed by atoms with Crippen molar-refractivity contribution >= 4 is 38.5 Å². The van der Waals surface area contributed by atoms with Crippen LogP contribution in [0.5, 0.6) is 0 Å². The molecule has 1 atom stereocenters. The minimum Gasteiger partial charge on any atom is -0.349 e. The first-order chi connectivity index (χ1) is 10.8. The monoisotopic (exact) mass is 353 g/mol. The number of hydrogen-bond donors (Lipinski definition) is 1. The normalized spacial score (nSPS) is 19.8. The minimum atomic E-state index is -3.36. The van der Waals surface area contributed by atoms with Crippen molar-refractivity contribution in [2.24, 2.45) is 10.3 Å². The van der Waals surface area contributed by atoms with Gasteiger partial charge in [0.25, 0.3) is 15.9 Å². The van der Waals surface area contributed by atoms with Crippen LogP contribution in [-0.2, 0) is 10.0 Å². The number of anilines is 1. The third-order valence-electron chi connectivity index (χ3n) is 4.09. The van der Waals surface area contributed by atoms with Crippen LogP contribution in [0.25, 0.3) is 0 Å². The largest absolute Gasteiger partial charge is 0.349 e. The number of hydrogen-bond acceptors (Lipinski definition) is 5. The smallest absolute Gasteiger partial charge is 0.257 e. The van der Waals surface area contributed by atoms with Crippen molar-refractivity contribution in [1.82, 2.24) is 5.32 Å². The van der Waals surface area contributed by atoms with Gasteiger partial charge < -0.3 is 10.2 Å². The van der Waals surface area contributed by atoms with E-state index in [0.29, 0.717) is 23.2 Å². The molecule has 124 valence electrons. The fourth-order valence-corrected chi connectivity index (χ4v) is 4.62. The number of sulfonamides is 1. The van der Waals surface area contributed by atoms with Gasteiger partial charge in [-0.25, -0.2) is 8.42 Å². The van der Waals surface area contributed by atoms with Gasteiger partial charge in [-0.2, -0.15) is 0 Å². The number of carbonyl (C=O) groups excluding carboxylic acids is 1. The number of fused-ring (bicyclic) bond motifs is 3. The van der Waals surface area contributed by atoms with E-state index in [9.17, 15) is 13.2 Å². The average Bonchev–Trinajstić information content (AvgIpc) is 2.81. The summed E-state index contributed by atoms with van der Waals surface area (Å²) in [6.45, 7) is 6.49. The van der Waals surface area contributed by atoms with Crippen LogP contribution in [0.2, 0.25) is 0 Å². The lowest BCUT2D eigenvalue weighted by Gasteiger charge is -2.22. The van der Waals surface area contributed by atoms with Crippen LogP contribution in [0, 0.1) is 5.92 Å². The van der Waals surface area contributed by atoms with E-state index in [-0.39, 0.29) is 17.7 Å². The van der Waals surface area contributed by atoms with Crippen LogP contribution in [0.15, 0.2) is 27.5 Å². The van der Waals surface area contributed by atoms with Crippen LogP contribution in [-0.4, -0.2) is 37.8 Å². The lowest BCUT2D eigenvalue weighted by molar-refractivity contribution is 0.0930. The Bertz CT molecular complexity index is 787. The van der Waals surface area contributed by atoms with Crippen molar-refractivity contribution in [3.8, 4) is 0 Å². The molecule has 0 aromatic heterocycles. The Kier molecular flexibility index (Phi) is 4.14.